The molecule has 7 nitrogen and oxygen atoms in total. The monoisotopic (exact) mass is 389 g/mol. The van der Waals surface area contributed by atoms with E-state index in [1.54, 1.807) is 36.2 Å². The van der Waals surface area contributed by atoms with Crippen LogP contribution in [0.2, 0.25) is 0 Å². The summed E-state index contributed by atoms with van der Waals surface area (Å²) in [5.41, 5.74) is -0.295. The Balaban J connectivity index is 1.98. The maximum Gasteiger partial charge on any atom is 0.421 e. The normalized spacial score (nSPS) is 11.1. The van der Waals surface area contributed by atoms with E-state index >= 15 is 0 Å². The lowest BCUT2D eigenvalue weighted by atomic mass is 10.2. The highest BCUT2D eigenvalue weighted by Gasteiger charge is 2.35. The van der Waals surface area contributed by atoms with E-state index in [-0.39, 0.29) is 17.3 Å². The summed E-state index contributed by atoms with van der Waals surface area (Å²) in [6.07, 6.45) is -3.97. The van der Waals surface area contributed by atoms with Crippen LogP contribution in [0.1, 0.15) is 5.56 Å². The molecule has 1 aromatic heterocycles. The van der Waals surface area contributed by atoms with E-state index in [9.17, 15) is 23.3 Å². The van der Waals surface area contributed by atoms with Crippen molar-refractivity contribution in [3.05, 3.63) is 76.5 Å². The third-order valence-electron chi connectivity index (χ3n) is 3.87. The number of nitro benzene ring substituents is 1. The maximum absolute atomic E-state index is 13.4. The molecule has 10 heteroatoms. The van der Waals surface area contributed by atoms with Gasteiger partial charge < -0.3 is 10.2 Å². The Bertz CT molecular complexity index is 979. The number of aromatic nitrogens is 2. The highest BCUT2D eigenvalue weighted by Crippen LogP contribution is 2.36. The van der Waals surface area contributed by atoms with E-state index in [2.05, 4.69) is 15.3 Å². The fourth-order valence-corrected chi connectivity index (χ4v) is 2.41. The molecule has 2 aromatic carbocycles. The number of non-ortho nitro benzene ring substituents is 1. The molecule has 0 amide bonds. The summed E-state index contributed by atoms with van der Waals surface area (Å²) in [7, 11) is 1.63. The summed E-state index contributed by atoms with van der Waals surface area (Å²) in [4.78, 5) is 19.5. The Morgan fingerprint density at radius 2 is 1.71 bits per heavy atom. The first kappa shape index (κ1) is 19.1. The van der Waals surface area contributed by atoms with Crippen molar-refractivity contribution < 1.29 is 18.1 Å². The second kappa shape index (κ2) is 7.51. The zero-order chi connectivity index (χ0) is 20.3. The van der Waals surface area contributed by atoms with Gasteiger partial charge in [-0.3, -0.25) is 10.1 Å². The number of halogens is 3. The van der Waals surface area contributed by atoms with Crippen molar-refractivity contribution in [3.63, 3.8) is 0 Å². The number of anilines is 4. The maximum atomic E-state index is 13.4. The molecule has 0 spiro atoms. The van der Waals surface area contributed by atoms with Gasteiger partial charge in [0, 0.05) is 36.8 Å². The van der Waals surface area contributed by atoms with Crippen molar-refractivity contribution in [2.24, 2.45) is 0 Å². The molecule has 0 fully saturated rings. The molecule has 0 radical (unpaired) electrons. The summed E-state index contributed by atoms with van der Waals surface area (Å²) < 4.78 is 40.1. The van der Waals surface area contributed by atoms with Crippen molar-refractivity contribution in [2.75, 3.05) is 17.3 Å². The molecule has 0 bridgehead atoms. The molecule has 0 saturated carbocycles. The average molecular weight is 389 g/mol. The number of rotatable bonds is 5. The largest absolute Gasteiger partial charge is 0.421 e. The Morgan fingerprint density at radius 1 is 1.07 bits per heavy atom. The minimum absolute atomic E-state index is 0.0589. The van der Waals surface area contributed by atoms with Gasteiger partial charge in [0.25, 0.3) is 5.69 Å². The number of nitrogens with zero attached hydrogens (tertiary/aromatic N) is 4. The molecule has 1 N–H and O–H groups in total. The number of nitro groups is 1. The number of para-hydroxylation sites is 1. The molecule has 0 aliphatic carbocycles. The van der Waals surface area contributed by atoms with Crippen molar-refractivity contribution in [1.82, 2.24) is 9.97 Å². The number of alkyl halides is 3. The molecule has 0 atom stereocenters. The molecular formula is C18H14F3N5O2. The lowest BCUT2D eigenvalue weighted by Gasteiger charge is -2.20. The summed E-state index contributed by atoms with van der Waals surface area (Å²) in [5, 5.41) is 13.3. The topological polar surface area (TPSA) is 84.2 Å². The van der Waals surface area contributed by atoms with Gasteiger partial charge in [-0.05, 0) is 24.3 Å². The quantitative estimate of drug-likeness (QED) is 0.493. The average Bonchev–Trinajstić information content (AvgIpc) is 2.67. The molecule has 28 heavy (non-hydrogen) atoms. The SMILES string of the molecule is CN(c1ccccc1)c1ncc(C(F)(F)F)c(Nc2ccc([N+](=O)[O-])cc2)n1. The molecule has 3 aromatic rings. The summed E-state index contributed by atoms with van der Waals surface area (Å²) in [6.45, 7) is 0. The van der Waals surface area contributed by atoms with E-state index in [4.69, 9.17) is 0 Å². The van der Waals surface area contributed by atoms with Crippen LogP contribution >= 0.6 is 0 Å². The van der Waals surface area contributed by atoms with Crippen molar-refractivity contribution >= 4 is 28.8 Å². The molecule has 0 aliphatic rings. The molecular weight excluding hydrogens is 375 g/mol. The molecule has 0 saturated heterocycles. The number of nitrogens with one attached hydrogen (secondary N) is 1. The van der Waals surface area contributed by atoms with E-state index in [0.29, 0.717) is 11.9 Å². The number of hydrogen-bond donors (Lipinski definition) is 1. The second-order valence-electron chi connectivity index (χ2n) is 5.75. The summed E-state index contributed by atoms with van der Waals surface area (Å²) in [5.74, 6) is -0.391. The number of benzene rings is 2. The smallest absolute Gasteiger partial charge is 0.340 e. The predicted octanol–water partition coefficient (Wildman–Crippen LogP) is 4.92. The van der Waals surface area contributed by atoms with Gasteiger partial charge in [0.15, 0.2) is 0 Å². The van der Waals surface area contributed by atoms with Crippen molar-refractivity contribution in [1.29, 1.82) is 0 Å². The number of hydrogen-bond acceptors (Lipinski definition) is 6. The predicted molar refractivity (Wildman–Crippen MR) is 97.9 cm³/mol. The van der Waals surface area contributed by atoms with E-state index in [1.807, 2.05) is 6.07 Å². The van der Waals surface area contributed by atoms with Gasteiger partial charge in [-0.25, -0.2) is 4.98 Å². The molecule has 144 valence electrons. The minimum Gasteiger partial charge on any atom is -0.340 e. The highest BCUT2D eigenvalue weighted by molar-refractivity contribution is 5.64. The van der Waals surface area contributed by atoms with Gasteiger partial charge in [0.05, 0.1) is 4.92 Å². The van der Waals surface area contributed by atoms with Gasteiger partial charge in [-0.2, -0.15) is 18.2 Å². The first-order chi connectivity index (χ1) is 13.3. The third kappa shape index (κ3) is 4.17. The van der Waals surface area contributed by atoms with Crippen LogP contribution in [0.3, 0.4) is 0 Å². The van der Waals surface area contributed by atoms with Gasteiger partial charge in [0.1, 0.15) is 11.4 Å². The highest BCUT2D eigenvalue weighted by atomic mass is 19.4. The van der Waals surface area contributed by atoms with Crippen LogP contribution in [0.15, 0.2) is 60.8 Å². The van der Waals surface area contributed by atoms with E-state index in [0.717, 1.165) is 0 Å². The standard InChI is InChI=1S/C18H14F3N5O2/c1-25(13-5-3-2-4-6-13)17-22-11-15(18(19,20)21)16(24-17)23-12-7-9-14(10-8-12)26(27)28/h2-11H,1H3,(H,22,23,24). The van der Waals surface area contributed by atoms with Crippen molar-refractivity contribution in [2.45, 2.75) is 6.18 Å². The lowest BCUT2D eigenvalue weighted by molar-refractivity contribution is -0.384. The van der Waals surface area contributed by atoms with Crippen LogP contribution in [-0.4, -0.2) is 21.9 Å². The molecule has 0 unspecified atom stereocenters. The summed E-state index contributed by atoms with van der Waals surface area (Å²) >= 11 is 0. The van der Waals surface area contributed by atoms with Crippen LogP contribution < -0.4 is 10.2 Å². The zero-order valence-corrected chi connectivity index (χ0v) is 14.5. The zero-order valence-electron chi connectivity index (χ0n) is 14.5. The Hall–Kier alpha value is -3.69. The van der Waals surface area contributed by atoms with E-state index < -0.39 is 22.5 Å². The molecule has 1 heterocycles. The fraction of sp³-hybridized carbons (Fsp3) is 0.111. The fourth-order valence-electron chi connectivity index (χ4n) is 2.41. The van der Waals surface area contributed by atoms with Gasteiger partial charge in [-0.15, -0.1) is 0 Å². The first-order valence-electron chi connectivity index (χ1n) is 8.00. The first-order valence-corrected chi connectivity index (χ1v) is 8.00. The Kier molecular flexibility index (Phi) is 5.12. The molecule has 3 rings (SSSR count). The van der Waals surface area contributed by atoms with Crippen LogP contribution in [0.25, 0.3) is 0 Å². The lowest BCUT2D eigenvalue weighted by Crippen LogP contribution is -2.17. The van der Waals surface area contributed by atoms with Crippen LogP contribution in [-0.2, 0) is 6.18 Å². The van der Waals surface area contributed by atoms with Crippen molar-refractivity contribution in [3.8, 4) is 0 Å². The van der Waals surface area contributed by atoms with Gasteiger partial charge in [-0.1, -0.05) is 18.2 Å². The second-order valence-corrected chi connectivity index (χ2v) is 5.75. The molecule has 0 aliphatic heterocycles. The van der Waals surface area contributed by atoms with Gasteiger partial charge >= 0.3 is 6.18 Å². The van der Waals surface area contributed by atoms with Crippen LogP contribution in [0.5, 0.6) is 0 Å². The summed E-state index contributed by atoms with van der Waals surface area (Å²) in [6, 6.07) is 13.9. The minimum atomic E-state index is -4.67. The third-order valence-corrected chi connectivity index (χ3v) is 3.87. The van der Waals surface area contributed by atoms with E-state index in [1.165, 1.54) is 24.3 Å². The Morgan fingerprint density at radius 3 is 2.29 bits per heavy atom. The van der Waals surface area contributed by atoms with Crippen LogP contribution in [0, 0.1) is 10.1 Å². The Labute approximate surface area is 157 Å². The van der Waals surface area contributed by atoms with Crippen LogP contribution in [0.4, 0.5) is 42.0 Å². The van der Waals surface area contributed by atoms with Gasteiger partial charge in [0.2, 0.25) is 5.95 Å².